The van der Waals surface area contributed by atoms with Crippen LogP contribution in [0.4, 0.5) is 24.5 Å². The van der Waals surface area contributed by atoms with E-state index in [0.29, 0.717) is 45.6 Å². The molecule has 0 bridgehead atoms. The Morgan fingerprint density at radius 1 is 1.11 bits per heavy atom. The van der Waals surface area contributed by atoms with Crippen LogP contribution >= 0.6 is 0 Å². The minimum absolute atomic E-state index is 0.00193. The van der Waals surface area contributed by atoms with Crippen molar-refractivity contribution in [2.75, 3.05) is 17.2 Å². The number of halogens is 3. The fourth-order valence-electron chi connectivity index (χ4n) is 5.50. The lowest BCUT2D eigenvalue weighted by molar-refractivity contribution is -0.195. The summed E-state index contributed by atoms with van der Waals surface area (Å²) in [5.41, 5.74) is 7.62. The molecule has 0 saturated heterocycles. The minimum Gasteiger partial charge on any atom is -0.383 e. The minimum atomic E-state index is -4.40. The number of hydrogen-bond donors (Lipinski definition) is 4. The van der Waals surface area contributed by atoms with Gasteiger partial charge in [0.15, 0.2) is 5.54 Å². The van der Waals surface area contributed by atoms with Crippen LogP contribution in [0.1, 0.15) is 56.3 Å². The molecule has 11 heteroatoms. The van der Waals surface area contributed by atoms with Gasteiger partial charge in [0.25, 0.3) is 0 Å². The number of alkyl halides is 3. The number of fused-ring (bicyclic) bond motifs is 2. The summed E-state index contributed by atoms with van der Waals surface area (Å²) in [5, 5.41) is 20.6. The predicted octanol–water partition coefficient (Wildman–Crippen LogP) is 6.51. The summed E-state index contributed by atoms with van der Waals surface area (Å²) >= 11 is 0. The Kier molecular flexibility index (Phi) is 7.02. The number of anilines is 2. The molecule has 6 rings (SSSR count). The number of hydrazine groups is 2. The maximum absolute atomic E-state index is 14.0. The normalized spacial score (nSPS) is 16.5. The molecule has 1 atom stereocenters. The molecule has 1 saturated carbocycles. The highest BCUT2D eigenvalue weighted by Crippen LogP contribution is 2.54. The van der Waals surface area contributed by atoms with Crippen molar-refractivity contribution in [3.63, 3.8) is 0 Å². The quantitative estimate of drug-likeness (QED) is 0.179. The van der Waals surface area contributed by atoms with E-state index in [-0.39, 0.29) is 18.3 Å². The molecule has 1 fully saturated rings. The maximum atomic E-state index is 14.0. The lowest BCUT2D eigenvalue weighted by Gasteiger charge is -2.28. The number of terminal acetylenes is 1. The fourth-order valence-corrected chi connectivity index (χ4v) is 5.50. The SMILES string of the molecule is C#Cc1cnc2c(C#N)cc(N[C@H](C3=CN(C4(C(F)(F)F)CC4)NN3)c3cccc4cnccc34)cc2c1NCC(C)(C)C. The third-order valence-corrected chi connectivity index (χ3v) is 7.99. The van der Waals surface area contributed by atoms with Gasteiger partial charge in [-0.2, -0.15) is 18.4 Å². The van der Waals surface area contributed by atoms with Crippen LogP contribution in [0.2, 0.25) is 0 Å². The molecule has 3 heterocycles. The van der Waals surface area contributed by atoms with Crippen LogP contribution in [0.3, 0.4) is 0 Å². The number of pyridine rings is 2. The highest BCUT2D eigenvalue weighted by Gasteiger charge is 2.67. The molecule has 44 heavy (non-hydrogen) atoms. The summed E-state index contributed by atoms with van der Waals surface area (Å²) in [5.74, 6) is 2.69. The van der Waals surface area contributed by atoms with Gasteiger partial charge in [0.1, 0.15) is 6.07 Å². The van der Waals surface area contributed by atoms with Gasteiger partial charge in [0.2, 0.25) is 0 Å². The first-order valence-electron chi connectivity index (χ1n) is 14.2. The largest absolute Gasteiger partial charge is 0.413 e. The van der Waals surface area contributed by atoms with Crippen LogP contribution in [-0.4, -0.2) is 33.2 Å². The smallest absolute Gasteiger partial charge is 0.383 e. The van der Waals surface area contributed by atoms with E-state index in [2.05, 4.69) is 64.3 Å². The molecule has 2 aliphatic rings. The zero-order valence-electron chi connectivity index (χ0n) is 24.5. The van der Waals surface area contributed by atoms with Crippen LogP contribution in [0, 0.1) is 29.1 Å². The van der Waals surface area contributed by atoms with Gasteiger partial charge in [-0.1, -0.05) is 44.9 Å². The number of aromatic nitrogens is 2. The first-order valence-corrected chi connectivity index (χ1v) is 14.2. The molecule has 4 aromatic rings. The number of rotatable bonds is 7. The van der Waals surface area contributed by atoms with Gasteiger partial charge in [0.05, 0.1) is 34.1 Å². The Hall–Kier alpha value is -5.00. The Labute approximate surface area is 253 Å². The molecule has 224 valence electrons. The van der Waals surface area contributed by atoms with Gasteiger partial charge >= 0.3 is 6.18 Å². The van der Waals surface area contributed by atoms with Crippen LogP contribution in [0.25, 0.3) is 21.7 Å². The summed E-state index contributed by atoms with van der Waals surface area (Å²) in [6.45, 7) is 6.91. The molecule has 1 aliphatic heterocycles. The van der Waals surface area contributed by atoms with Crippen molar-refractivity contribution in [1.29, 1.82) is 5.26 Å². The predicted molar refractivity (Wildman–Crippen MR) is 165 cm³/mol. The third-order valence-electron chi connectivity index (χ3n) is 7.99. The van der Waals surface area contributed by atoms with Gasteiger partial charge in [-0.15, -0.1) is 12.0 Å². The zero-order valence-corrected chi connectivity index (χ0v) is 24.5. The molecule has 0 amide bonds. The van der Waals surface area contributed by atoms with Gasteiger partial charge in [-0.25, -0.2) is 0 Å². The number of nitrogens with zero attached hydrogens (tertiary/aromatic N) is 4. The highest BCUT2D eigenvalue weighted by atomic mass is 19.4. The van der Waals surface area contributed by atoms with Gasteiger partial charge in [-0.05, 0) is 47.4 Å². The highest BCUT2D eigenvalue weighted by molar-refractivity contribution is 5.99. The molecule has 2 aromatic heterocycles. The molecule has 0 unspecified atom stereocenters. The summed E-state index contributed by atoms with van der Waals surface area (Å²) in [6, 6.07) is 12.8. The lowest BCUT2D eigenvalue weighted by atomic mass is 9.96. The molecule has 8 nitrogen and oxygen atoms in total. The number of hydrogen-bond acceptors (Lipinski definition) is 8. The van der Waals surface area contributed by atoms with E-state index in [1.165, 1.54) is 6.20 Å². The third kappa shape index (κ3) is 5.20. The molecule has 2 aromatic carbocycles. The van der Waals surface area contributed by atoms with Crippen LogP contribution < -0.4 is 21.6 Å². The summed E-state index contributed by atoms with van der Waals surface area (Å²) < 4.78 is 42.0. The first kappa shape index (κ1) is 29.1. The standard InChI is InChI=1S/C33H31F3N8/c1-5-20-17-39-29-22(15-37)13-23(14-26(29)28(20)40-19-31(2,3)4)41-30(25-8-6-7-21-16-38-12-9-24(21)25)27-18-44(43-42-27)32(10-11-32)33(34,35)36/h1,6-9,12-14,16-18,30,41-43H,10-11,19H2,2-4H3,(H,39,40)/t30-/m0/s1. The average molecular weight is 597 g/mol. The van der Waals surface area contributed by atoms with Crippen LogP contribution in [0.5, 0.6) is 0 Å². The second-order valence-electron chi connectivity index (χ2n) is 12.4. The van der Waals surface area contributed by atoms with E-state index in [0.717, 1.165) is 21.3 Å². The van der Waals surface area contributed by atoms with E-state index in [9.17, 15) is 18.4 Å². The van der Waals surface area contributed by atoms with Gasteiger partial charge in [0, 0.05) is 47.8 Å². The molecule has 0 spiro atoms. The topological polar surface area (TPSA) is 101 Å². The van der Waals surface area contributed by atoms with Gasteiger partial charge < -0.3 is 16.1 Å². The van der Waals surface area contributed by atoms with Crippen molar-refractivity contribution in [3.05, 3.63) is 83.6 Å². The molecule has 1 aliphatic carbocycles. The van der Waals surface area contributed by atoms with E-state index in [1.807, 2.05) is 30.3 Å². The Balaban J connectivity index is 1.49. The molecular weight excluding hydrogens is 565 g/mol. The average Bonchev–Trinajstić information content (AvgIpc) is 3.68. The molecule has 4 N–H and O–H groups in total. The second kappa shape index (κ2) is 10.6. The van der Waals surface area contributed by atoms with Crippen molar-refractivity contribution in [3.8, 4) is 18.4 Å². The van der Waals surface area contributed by atoms with Crippen molar-refractivity contribution in [2.45, 2.75) is 51.4 Å². The fraction of sp³-hybridized carbons (Fsp3) is 0.303. The van der Waals surface area contributed by atoms with E-state index < -0.39 is 17.8 Å². The monoisotopic (exact) mass is 596 g/mol. The molecule has 0 radical (unpaired) electrons. The maximum Gasteiger partial charge on any atom is 0.413 e. The first-order chi connectivity index (χ1) is 20.9. The van der Waals surface area contributed by atoms with Crippen molar-refractivity contribution in [2.24, 2.45) is 5.41 Å². The van der Waals surface area contributed by atoms with Gasteiger partial charge in [-0.3, -0.25) is 15.0 Å². The van der Waals surface area contributed by atoms with E-state index >= 15 is 0 Å². The van der Waals surface area contributed by atoms with Crippen molar-refractivity contribution >= 4 is 33.1 Å². The molecular formula is C33H31F3N8. The van der Waals surface area contributed by atoms with Crippen LogP contribution in [0.15, 0.2) is 66.9 Å². The second-order valence-corrected chi connectivity index (χ2v) is 12.4. The Morgan fingerprint density at radius 2 is 1.91 bits per heavy atom. The van der Waals surface area contributed by atoms with E-state index in [4.69, 9.17) is 6.42 Å². The van der Waals surface area contributed by atoms with Crippen molar-refractivity contribution < 1.29 is 13.2 Å². The van der Waals surface area contributed by atoms with Crippen molar-refractivity contribution in [1.82, 2.24) is 25.9 Å². The summed E-state index contributed by atoms with van der Waals surface area (Å²) in [6.07, 6.45) is 7.90. The Morgan fingerprint density at radius 3 is 2.59 bits per heavy atom. The van der Waals surface area contributed by atoms with E-state index in [1.54, 1.807) is 24.7 Å². The number of nitrogens with one attached hydrogen (secondary N) is 4. The number of benzene rings is 2. The summed E-state index contributed by atoms with van der Waals surface area (Å²) in [7, 11) is 0. The van der Waals surface area contributed by atoms with Crippen LogP contribution in [-0.2, 0) is 0 Å². The zero-order chi connectivity index (χ0) is 31.3. The summed E-state index contributed by atoms with van der Waals surface area (Å²) in [4.78, 5) is 8.73. The number of nitriles is 1. The Bertz CT molecular complexity index is 1870. The lowest BCUT2D eigenvalue weighted by Crippen LogP contribution is -2.52.